The highest BCUT2D eigenvalue weighted by Crippen LogP contribution is 2.23. The first kappa shape index (κ1) is 33.6. The van der Waals surface area contributed by atoms with Crippen LogP contribution in [0.25, 0.3) is 0 Å². The average molecular weight is 589 g/mol. The molecule has 2 amide bonds. The molecule has 232 valence electrons. The van der Waals surface area contributed by atoms with Crippen molar-refractivity contribution in [2.45, 2.75) is 78.3 Å². The van der Waals surface area contributed by atoms with Crippen LogP contribution in [0.15, 0.2) is 36.4 Å². The lowest BCUT2D eigenvalue weighted by Gasteiger charge is -2.39. The van der Waals surface area contributed by atoms with Gasteiger partial charge in [0.05, 0.1) is 18.2 Å². The van der Waals surface area contributed by atoms with Crippen LogP contribution >= 0.6 is 0 Å². The first-order chi connectivity index (χ1) is 19.9. The van der Waals surface area contributed by atoms with E-state index >= 15 is 0 Å². The van der Waals surface area contributed by atoms with Crippen molar-refractivity contribution >= 4 is 11.8 Å². The Kier molecular flexibility index (Phi) is 12.4. The molecule has 0 aliphatic carbocycles. The zero-order valence-corrected chi connectivity index (χ0v) is 25.4. The van der Waals surface area contributed by atoms with Crippen LogP contribution in [-0.2, 0) is 11.2 Å². The highest BCUT2D eigenvalue weighted by atomic mass is 19.1. The second kappa shape index (κ2) is 15.5. The van der Waals surface area contributed by atoms with Gasteiger partial charge >= 0.3 is 0 Å². The number of aliphatic hydroxyl groups excluding tert-OH is 2. The van der Waals surface area contributed by atoms with Crippen LogP contribution in [0.5, 0.6) is 0 Å². The zero-order chi connectivity index (χ0) is 31.0. The molecule has 0 aromatic heterocycles. The summed E-state index contributed by atoms with van der Waals surface area (Å²) in [7, 11) is 0. The van der Waals surface area contributed by atoms with Crippen LogP contribution in [0.2, 0.25) is 0 Å². The summed E-state index contributed by atoms with van der Waals surface area (Å²) in [4.78, 5) is 29.9. The van der Waals surface area contributed by atoms with Crippen LogP contribution in [-0.4, -0.2) is 82.7 Å². The van der Waals surface area contributed by atoms with E-state index in [4.69, 9.17) is 0 Å². The molecule has 1 aliphatic rings. The van der Waals surface area contributed by atoms with Crippen molar-refractivity contribution in [2.75, 3.05) is 32.7 Å². The first-order valence-corrected chi connectivity index (χ1v) is 14.9. The molecule has 0 spiro atoms. The van der Waals surface area contributed by atoms with Crippen molar-refractivity contribution in [3.63, 3.8) is 0 Å². The average Bonchev–Trinajstić information content (AvgIpc) is 2.94. The van der Waals surface area contributed by atoms with Gasteiger partial charge in [-0.15, -0.1) is 0 Å². The summed E-state index contributed by atoms with van der Waals surface area (Å²) in [5, 5.41) is 28.7. The number of piperazine rings is 1. The van der Waals surface area contributed by atoms with Crippen molar-refractivity contribution in [1.82, 2.24) is 20.4 Å². The Bertz CT molecular complexity index is 1180. The van der Waals surface area contributed by atoms with Crippen LogP contribution in [0.4, 0.5) is 8.78 Å². The summed E-state index contributed by atoms with van der Waals surface area (Å²) in [5.74, 6) is -2.24. The van der Waals surface area contributed by atoms with Gasteiger partial charge in [0.25, 0.3) is 5.91 Å². The Labute approximate surface area is 248 Å². The van der Waals surface area contributed by atoms with Crippen LogP contribution < -0.4 is 10.6 Å². The molecule has 4 N–H and O–H groups in total. The summed E-state index contributed by atoms with van der Waals surface area (Å²) in [5.41, 5.74) is 1.94. The summed E-state index contributed by atoms with van der Waals surface area (Å²) in [6.07, 6.45) is -0.371. The van der Waals surface area contributed by atoms with E-state index in [2.05, 4.69) is 10.6 Å². The molecule has 4 atom stereocenters. The van der Waals surface area contributed by atoms with Gasteiger partial charge in [-0.1, -0.05) is 33.8 Å². The molecule has 0 radical (unpaired) electrons. The van der Waals surface area contributed by atoms with Gasteiger partial charge in [0.1, 0.15) is 17.9 Å². The SMILES string of the molecule is CCCN(CCC)C(O)c1cc(C)cc(C(=O)N[C@@H](Cc2cc(F)cc(F)c2)[C@H](O)C2CN(C(=O)C(C)C)CCN2)c1. The summed E-state index contributed by atoms with van der Waals surface area (Å²) < 4.78 is 28.1. The lowest BCUT2D eigenvalue weighted by Crippen LogP contribution is -2.62. The summed E-state index contributed by atoms with van der Waals surface area (Å²) in [6, 6.07) is 6.79. The molecule has 0 saturated carbocycles. The monoisotopic (exact) mass is 588 g/mol. The van der Waals surface area contributed by atoms with E-state index < -0.39 is 42.0 Å². The summed E-state index contributed by atoms with van der Waals surface area (Å²) >= 11 is 0. The molecule has 1 heterocycles. The number of hydrogen-bond donors (Lipinski definition) is 4. The third-order valence-corrected chi connectivity index (χ3v) is 7.56. The van der Waals surface area contributed by atoms with Crippen LogP contribution in [0.3, 0.4) is 0 Å². The maximum Gasteiger partial charge on any atom is 0.251 e. The second-order valence-electron chi connectivity index (χ2n) is 11.6. The number of nitrogens with one attached hydrogen (secondary N) is 2. The number of carbonyl (C=O) groups excluding carboxylic acids is 2. The van der Waals surface area contributed by atoms with E-state index in [1.165, 1.54) is 12.1 Å². The molecule has 2 aromatic carbocycles. The lowest BCUT2D eigenvalue weighted by atomic mass is 9.94. The fourth-order valence-electron chi connectivity index (χ4n) is 5.58. The number of rotatable bonds is 13. The predicted molar refractivity (Wildman–Crippen MR) is 159 cm³/mol. The van der Waals surface area contributed by atoms with E-state index in [1.54, 1.807) is 17.0 Å². The van der Waals surface area contributed by atoms with Gasteiger partial charge in [-0.05, 0) is 67.1 Å². The topological polar surface area (TPSA) is 105 Å². The molecular formula is C32H46F2N4O4. The van der Waals surface area contributed by atoms with E-state index in [0.29, 0.717) is 37.3 Å². The molecule has 1 aliphatic heterocycles. The molecule has 10 heteroatoms. The highest BCUT2D eigenvalue weighted by Gasteiger charge is 2.34. The number of aryl methyl sites for hydroxylation is 1. The summed E-state index contributed by atoms with van der Waals surface area (Å²) in [6.45, 7) is 12.1. The van der Waals surface area contributed by atoms with Crippen molar-refractivity contribution in [3.05, 3.63) is 70.3 Å². The second-order valence-corrected chi connectivity index (χ2v) is 11.6. The smallest absolute Gasteiger partial charge is 0.251 e. The van der Waals surface area contributed by atoms with Gasteiger partial charge in [0, 0.05) is 50.3 Å². The van der Waals surface area contributed by atoms with Gasteiger partial charge in [-0.3, -0.25) is 14.5 Å². The van der Waals surface area contributed by atoms with Gasteiger partial charge in [0.2, 0.25) is 5.91 Å². The standard InChI is InChI=1S/C32H46F2N4O4/c1-6-9-37(10-7-2)32(42)24-13-21(5)12-23(17-24)30(40)36-27(16-22-14-25(33)18-26(34)15-22)29(39)28-19-38(11-8-35-28)31(41)20(3)4/h12-15,17-18,20,27-29,32,35,39,42H,6-11,16,19H2,1-5H3,(H,36,40)/t27-,28?,29-,32?/m0/s1. The Balaban J connectivity index is 1.89. The number of benzene rings is 2. The Morgan fingerprint density at radius 2 is 1.69 bits per heavy atom. The normalized spacial score (nSPS) is 17.8. The number of carbonyl (C=O) groups is 2. The quantitative estimate of drug-likeness (QED) is 0.267. The lowest BCUT2D eigenvalue weighted by molar-refractivity contribution is -0.136. The molecule has 42 heavy (non-hydrogen) atoms. The Morgan fingerprint density at radius 1 is 1.05 bits per heavy atom. The van der Waals surface area contributed by atoms with E-state index in [9.17, 15) is 28.6 Å². The Morgan fingerprint density at radius 3 is 2.29 bits per heavy atom. The van der Waals surface area contributed by atoms with Gasteiger partial charge in [-0.25, -0.2) is 8.78 Å². The maximum absolute atomic E-state index is 14.0. The van der Waals surface area contributed by atoms with E-state index in [0.717, 1.165) is 24.5 Å². The minimum Gasteiger partial charge on any atom is -0.389 e. The number of nitrogens with zero attached hydrogens (tertiary/aromatic N) is 2. The third kappa shape index (κ3) is 9.04. The number of hydrogen-bond acceptors (Lipinski definition) is 6. The molecule has 2 unspecified atom stereocenters. The van der Waals surface area contributed by atoms with Crippen molar-refractivity contribution < 1.29 is 28.6 Å². The van der Waals surface area contributed by atoms with Gasteiger partial charge in [0.15, 0.2) is 0 Å². The van der Waals surface area contributed by atoms with Crippen molar-refractivity contribution in [3.8, 4) is 0 Å². The molecule has 8 nitrogen and oxygen atoms in total. The molecule has 0 bridgehead atoms. The van der Waals surface area contributed by atoms with Crippen molar-refractivity contribution in [1.29, 1.82) is 0 Å². The number of amides is 2. The predicted octanol–water partition coefficient (Wildman–Crippen LogP) is 3.54. The minimum absolute atomic E-state index is 0.0347. The molecular weight excluding hydrogens is 542 g/mol. The van der Waals surface area contributed by atoms with E-state index in [1.807, 2.05) is 45.6 Å². The fourth-order valence-corrected chi connectivity index (χ4v) is 5.58. The highest BCUT2D eigenvalue weighted by molar-refractivity contribution is 5.95. The molecule has 3 rings (SSSR count). The zero-order valence-electron chi connectivity index (χ0n) is 25.4. The third-order valence-electron chi connectivity index (χ3n) is 7.56. The number of halogens is 2. The fraction of sp³-hybridized carbons (Fsp3) is 0.562. The molecule has 2 aromatic rings. The van der Waals surface area contributed by atoms with Gasteiger partial charge < -0.3 is 25.7 Å². The van der Waals surface area contributed by atoms with Crippen LogP contribution in [0, 0.1) is 24.5 Å². The van der Waals surface area contributed by atoms with E-state index in [-0.39, 0.29) is 30.4 Å². The van der Waals surface area contributed by atoms with Crippen molar-refractivity contribution in [2.24, 2.45) is 5.92 Å². The first-order valence-electron chi connectivity index (χ1n) is 14.9. The Hall–Kier alpha value is -2.92. The molecule has 1 saturated heterocycles. The maximum atomic E-state index is 14.0. The van der Waals surface area contributed by atoms with Gasteiger partial charge in [-0.2, -0.15) is 0 Å². The largest absolute Gasteiger partial charge is 0.389 e. The van der Waals surface area contributed by atoms with Crippen LogP contribution in [0.1, 0.15) is 73.8 Å². The minimum atomic E-state index is -1.18. The molecule has 1 fully saturated rings. The number of aliphatic hydroxyl groups is 2.